The van der Waals surface area contributed by atoms with Gasteiger partial charge in [-0.05, 0) is 77.5 Å². The smallest absolute Gasteiger partial charge is 0.127 e. The maximum Gasteiger partial charge on any atom is 0.127 e. The zero-order chi connectivity index (χ0) is 18.9. The van der Waals surface area contributed by atoms with Crippen LogP contribution >= 0.6 is 0 Å². The summed E-state index contributed by atoms with van der Waals surface area (Å²) in [4.78, 5) is 0. The molecular formula is C23H36O3. The summed E-state index contributed by atoms with van der Waals surface area (Å²) in [6.07, 6.45) is 7.68. The third-order valence-electron chi connectivity index (χ3n) is 6.50. The quantitative estimate of drug-likeness (QED) is 0.635. The van der Waals surface area contributed by atoms with Gasteiger partial charge >= 0.3 is 0 Å². The Hall–Kier alpha value is -1.22. The molecule has 3 rings (SSSR count). The minimum atomic E-state index is -0.209. The highest BCUT2D eigenvalue weighted by atomic mass is 16.5. The number of phenolic OH excluding ortho intramolecular Hbond substituents is 1. The van der Waals surface area contributed by atoms with E-state index in [-0.39, 0.29) is 11.2 Å². The number of rotatable bonds is 6. The molecule has 1 aliphatic heterocycles. The first-order valence-corrected chi connectivity index (χ1v) is 10.5. The van der Waals surface area contributed by atoms with Crippen molar-refractivity contribution < 1.29 is 14.6 Å². The van der Waals surface area contributed by atoms with Gasteiger partial charge in [-0.1, -0.05) is 19.8 Å². The number of hydrogen-bond acceptors (Lipinski definition) is 3. The Morgan fingerprint density at radius 2 is 1.96 bits per heavy atom. The number of aryl methyl sites for hydroxylation is 1. The molecule has 0 radical (unpaired) electrons. The summed E-state index contributed by atoms with van der Waals surface area (Å²) in [5.74, 6) is 2.02. The van der Waals surface area contributed by atoms with E-state index in [9.17, 15) is 5.11 Å². The Labute approximate surface area is 159 Å². The van der Waals surface area contributed by atoms with Gasteiger partial charge in [0.15, 0.2) is 0 Å². The molecular weight excluding hydrogens is 324 g/mol. The summed E-state index contributed by atoms with van der Waals surface area (Å²) < 4.78 is 12.6. The third-order valence-corrected chi connectivity index (χ3v) is 6.50. The minimum Gasteiger partial charge on any atom is -0.508 e. The van der Waals surface area contributed by atoms with Crippen molar-refractivity contribution >= 4 is 0 Å². The van der Waals surface area contributed by atoms with Gasteiger partial charge in [-0.15, -0.1) is 0 Å². The van der Waals surface area contributed by atoms with Gasteiger partial charge < -0.3 is 14.6 Å². The lowest BCUT2D eigenvalue weighted by atomic mass is 9.62. The number of unbranched alkanes of at least 4 members (excludes halogenated alkanes) is 2. The topological polar surface area (TPSA) is 38.7 Å². The highest BCUT2D eigenvalue weighted by molar-refractivity contribution is 5.52. The van der Waals surface area contributed by atoms with Crippen LogP contribution in [0.3, 0.4) is 0 Å². The van der Waals surface area contributed by atoms with Crippen molar-refractivity contribution in [3.05, 3.63) is 23.3 Å². The van der Waals surface area contributed by atoms with Crippen LogP contribution in [-0.2, 0) is 11.2 Å². The Morgan fingerprint density at radius 1 is 1.19 bits per heavy atom. The van der Waals surface area contributed by atoms with Crippen LogP contribution < -0.4 is 4.74 Å². The Morgan fingerprint density at radius 3 is 2.65 bits per heavy atom. The molecule has 0 saturated heterocycles. The molecule has 1 saturated carbocycles. The molecule has 1 unspecified atom stereocenters. The maximum atomic E-state index is 10.9. The van der Waals surface area contributed by atoms with Crippen LogP contribution in [0, 0.1) is 5.92 Å². The Bertz CT molecular complexity index is 637. The zero-order valence-corrected chi connectivity index (χ0v) is 17.2. The van der Waals surface area contributed by atoms with Crippen molar-refractivity contribution in [1.29, 1.82) is 0 Å². The highest BCUT2D eigenvalue weighted by Gasteiger charge is 2.50. The molecule has 1 aliphatic carbocycles. The molecule has 146 valence electrons. The van der Waals surface area contributed by atoms with Gasteiger partial charge in [0.25, 0.3) is 0 Å². The van der Waals surface area contributed by atoms with Gasteiger partial charge in [-0.25, -0.2) is 0 Å². The first-order chi connectivity index (χ1) is 12.3. The lowest BCUT2D eigenvalue weighted by molar-refractivity contribution is -0.0983. The van der Waals surface area contributed by atoms with Gasteiger partial charge in [0.2, 0.25) is 0 Å². The Kier molecular flexibility index (Phi) is 5.58. The lowest BCUT2D eigenvalue weighted by Crippen LogP contribution is -2.50. The van der Waals surface area contributed by atoms with E-state index in [0.29, 0.717) is 17.6 Å². The second-order valence-electron chi connectivity index (χ2n) is 9.03. The molecule has 0 spiro atoms. The Balaban J connectivity index is 1.94. The average molecular weight is 361 g/mol. The van der Waals surface area contributed by atoms with Gasteiger partial charge in [0, 0.05) is 24.0 Å². The average Bonchev–Trinajstić information content (AvgIpc) is 2.53. The summed E-state index contributed by atoms with van der Waals surface area (Å²) in [5, 5.41) is 10.9. The number of aromatic hydroxyl groups is 1. The molecule has 1 aromatic carbocycles. The van der Waals surface area contributed by atoms with Gasteiger partial charge in [-0.2, -0.15) is 0 Å². The summed E-state index contributed by atoms with van der Waals surface area (Å²) in [5.41, 5.74) is 1.89. The number of ether oxygens (including phenoxy) is 2. The summed E-state index contributed by atoms with van der Waals surface area (Å²) in [6, 6.07) is 4.15. The van der Waals surface area contributed by atoms with Crippen LogP contribution in [0.4, 0.5) is 0 Å². The summed E-state index contributed by atoms with van der Waals surface area (Å²) in [6.45, 7) is 11.7. The van der Waals surface area contributed by atoms with Crippen LogP contribution in [-0.4, -0.2) is 22.9 Å². The standard InChI is InChI=1S/C23H36O3/c1-6-8-9-10-16-13-19(24)21-17-15-23(5,25-7-2)12-11-18(17)22(3,4)26-20(21)14-16/h13-14,17-18,24H,6-12,15H2,1-5H3/t17-,18-,23?/m1/s1. The monoisotopic (exact) mass is 360 g/mol. The molecule has 1 N–H and O–H groups in total. The second-order valence-corrected chi connectivity index (χ2v) is 9.03. The van der Waals surface area contributed by atoms with Crippen LogP contribution in [0.5, 0.6) is 11.5 Å². The van der Waals surface area contributed by atoms with E-state index < -0.39 is 0 Å². The number of fused-ring (bicyclic) bond motifs is 3. The fourth-order valence-corrected chi connectivity index (χ4v) is 5.19. The van der Waals surface area contributed by atoms with Crippen molar-refractivity contribution in [1.82, 2.24) is 0 Å². The normalized spacial score (nSPS) is 29.6. The van der Waals surface area contributed by atoms with E-state index >= 15 is 0 Å². The van der Waals surface area contributed by atoms with Crippen LogP contribution in [0.25, 0.3) is 0 Å². The van der Waals surface area contributed by atoms with Gasteiger partial charge in [0.05, 0.1) is 5.60 Å². The molecule has 1 fully saturated rings. The first-order valence-electron chi connectivity index (χ1n) is 10.5. The molecule has 3 nitrogen and oxygen atoms in total. The third kappa shape index (κ3) is 3.74. The van der Waals surface area contributed by atoms with E-state index in [1.807, 2.05) is 6.07 Å². The second kappa shape index (κ2) is 7.42. The maximum absolute atomic E-state index is 10.9. The van der Waals surface area contributed by atoms with Gasteiger partial charge in [0.1, 0.15) is 17.1 Å². The highest BCUT2D eigenvalue weighted by Crippen LogP contribution is 2.56. The molecule has 3 heteroatoms. The molecule has 1 heterocycles. The van der Waals surface area contributed by atoms with Crippen LogP contribution in [0.15, 0.2) is 12.1 Å². The number of benzene rings is 1. The summed E-state index contributed by atoms with van der Waals surface area (Å²) in [7, 11) is 0. The number of hydrogen-bond donors (Lipinski definition) is 1. The molecule has 0 aromatic heterocycles. The fraction of sp³-hybridized carbons (Fsp3) is 0.739. The minimum absolute atomic E-state index is 0.104. The van der Waals surface area contributed by atoms with E-state index in [1.54, 1.807) is 0 Å². The van der Waals surface area contributed by atoms with E-state index in [1.165, 1.54) is 18.4 Å². The lowest BCUT2D eigenvalue weighted by Gasteiger charge is -2.51. The van der Waals surface area contributed by atoms with E-state index in [2.05, 4.69) is 40.7 Å². The van der Waals surface area contributed by atoms with Gasteiger partial charge in [-0.3, -0.25) is 0 Å². The number of phenols is 1. The van der Waals surface area contributed by atoms with E-state index in [4.69, 9.17) is 9.47 Å². The molecule has 2 aliphatic rings. The van der Waals surface area contributed by atoms with Crippen molar-refractivity contribution in [2.45, 2.75) is 96.7 Å². The predicted octanol–water partition coefficient (Wildman–Crippen LogP) is 5.97. The molecule has 26 heavy (non-hydrogen) atoms. The molecule has 0 bridgehead atoms. The summed E-state index contributed by atoms with van der Waals surface area (Å²) >= 11 is 0. The molecule has 1 aromatic rings. The van der Waals surface area contributed by atoms with Crippen LogP contribution in [0.2, 0.25) is 0 Å². The largest absolute Gasteiger partial charge is 0.508 e. The van der Waals surface area contributed by atoms with E-state index in [0.717, 1.165) is 50.0 Å². The van der Waals surface area contributed by atoms with Crippen LogP contribution in [0.1, 0.15) is 90.2 Å². The predicted molar refractivity (Wildman–Crippen MR) is 106 cm³/mol. The zero-order valence-electron chi connectivity index (χ0n) is 17.2. The fourth-order valence-electron chi connectivity index (χ4n) is 5.19. The first kappa shape index (κ1) is 19.5. The molecule has 3 atom stereocenters. The van der Waals surface area contributed by atoms with Crippen molar-refractivity contribution in [2.75, 3.05) is 6.61 Å². The van der Waals surface area contributed by atoms with Crippen molar-refractivity contribution in [3.8, 4) is 11.5 Å². The SMILES string of the molecule is CCCCCc1cc(O)c2c(c1)OC(C)(C)[C@@H]1CCC(C)(OCC)C[C@@H]21. The molecule has 0 amide bonds. The van der Waals surface area contributed by atoms with Crippen molar-refractivity contribution in [3.63, 3.8) is 0 Å². The van der Waals surface area contributed by atoms with Crippen molar-refractivity contribution in [2.24, 2.45) is 5.92 Å².